The monoisotopic (exact) mass is 294 g/mol. The highest BCUT2D eigenvalue weighted by atomic mass is 32.1. The molecule has 0 aliphatic carbocycles. The molecule has 0 saturated carbocycles. The summed E-state index contributed by atoms with van der Waals surface area (Å²) in [7, 11) is 0. The van der Waals surface area contributed by atoms with Gasteiger partial charge in [0.2, 0.25) is 5.91 Å². The third-order valence-corrected chi connectivity index (χ3v) is 4.02. The summed E-state index contributed by atoms with van der Waals surface area (Å²) in [6.07, 6.45) is 2.71. The Labute approximate surface area is 124 Å². The number of rotatable bonds is 2. The van der Waals surface area contributed by atoms with Crippen molar-refractivity contribution in [2.75, 3.05) is 6.54 Å². The van der Waals surface area contributed by atoms with E-state index in [1.807, 2.05) is 37.6 Å². The number of hydrogen-bond donors (Lipinski definition) is 1. The minimum Gasteiger partial charge on any atom is -0.350 e. The zero-order valence-electron chi connectivity index (χ0n) is 12.3. The standard InChI is InChI=1S/C15H22N2O2S/c1-15(2,3)16-13(18)12-6-4-5-8-17(12)14(19)11-7-9-20-10-11/h7,9-10,12H,4-6,8H2,1-3H3,(H,16,18). The number of piperidine rings is 1. The number of amides is 2. The Balaban J connectivity index is 2.13. The lowest BCUT2D eigenvalue weighted by Gasteiger charge is -2.36. The quantitative estimate of drug-likeness (QED) is 0.911. The van der Waals surface area contributed by atoms with Gasteiger partial charge in [0.1, 0.15) is 6.04 Å². The molecule has 1 N–H and O–H groups in total. The van der Waals surface area contributed by atoms with Crippen molar-refractivity contribution >= 4 is 23.2 Å². The topological polar surface area (TPSA) is 49.4 Å². The molecule has 1 aromatic heterocycles. The molecular formula is C15H22N2O2S. The predicted octanol–water partition coefficient (Wildman–Crippen LogP) is 2.66. The summed E-state index contributed by atoms with van der Waals surface area (Å²) in [6, 6.07) is 1.48. The van der Waals surface area contributed by atoms with Crippen LogP contribution in [0.15, 0.2) is 16.8 Å². The summed E-state index contributed by atoms with van der Waals surface area (Å²) < 4.78 is 0. The first-order chi connectivity index (χ1) is 9.38. The van der Waals surface area contributed by atoms with E-state index in [-0.39, 0.29) is 23.4 Å². The number of hydrogen-bond acceptors (Lipinski definition) is 3. The van der Waals surface area contributed by atoms with Crippen molar-refractivity contribution in [1.29, 1.82) is 0 Å². The van der Waals surface area contributed by atoms with Crippen molar-refractivity contribution in [1.82, 2.24) is 10.2 Å². The SMILES string of the molecule is CC(C)(C)NC(=O)C1CCCCN1C(=O)c1ccsc1. The van der Waals surface area contributed by atoms with Gasteiger partial charge in [-0.2, -0.15) is 11.3 Å². The molecule has 0 aromatic carbocycles. The van der Waals surface area contributed by atoms with Gasteiger partial charge in [-0.1, -0.05) is 0 Å². The number of thiophene rings is 1. The van der Waals surface area contributed by atoms with E-state index >= 15 is 0 Å². The second-order valence-corrected chi connectivity index (χ2v) is 7.04. The molecule has 2 rings (SSSR count). The highest BCUT2D eigenvalue weighted by Crippen LogP contribution is 2.21. The summed E-state index contributed by atoms with van der Waals surface area (Å²) >= 11 is 1.50. The summed E-state index contributed by atoms with van der Waals surface area (Å²) in [4.78, 5) is 26.6. The van der Waals surface area contributed by atoms with E-state index in [1.165, 1.54) is 11.3 Å². The molecular weight excluding hydrogens is 272 g/mol. The number of nitrogens with one attached hydrogen (secondary N) is 1. The van der Waals surface area contributed by atoms with E-state index in [2.05, 4.69) is 5.32 Å². The zero-order valence-corrected chi connectivity index (χ0v) is 13.1. The predicted molar refractivity (Wildman–Crippen MR) is 80.9 cm³/mol. The first kappa shape index (κ1) is 15.0. The molecule has 1 atom stereocenters. The van der Waals surface area contributed by atoms with Crippen molar-refractivity contribution in [2.24, 2.45) is 0 Å². The molecule has 1 saturated heterocycles. The van der Waals surface area contributed by atoms with E-state index in [0.717, 1.165) is 19.3 Å². The maximum Gasteiger partial charge on any atom is 0.255 e. The molecule has 2 amide bonds. The van der Waals surface area contributed by atoms with Crippen LogP contribution < -0.4 is 5.32 Å². The molecule has 20 heavy (non-hydrogen) atoms. The smallest absolute Gasteiger partial charge is 0.255 e. The van der Waals surface area contributed by atoms with E-state index in [1.54, 1.807) is 4.90 Å². The molecule has 1 unspecified atom stereocenters. The summed E-state index contributed by atoms with van der Waals surface area (Å²) in [6.45, 7) is 6.53. The lowest BCUT2D eigenvalue weighted by Crippen LogP contribution is -2.55. The van der Waals surface area contributed by atoms with Crippen molar-refractivity contribution < 1.29 is 9.59 Å². The number of carbonyl (C=O) groups is 2. The second kappa shape index (κ2) is 5.95. The van der Waals surface area contributed by atoms with Gasteiger partial charge < -0.3 is 10.2 Å². The van der Waals surface area contributed by atoms with E-state index < -0.39 is 0 Å². The molecule has 5 heteroatoms. The van der Waals surface area contributed by atoms with Crippen LogP contribution in [0.3, 0.4) is 0 Å². The third kappa shape index (κ3) is 3.60. The average Bonchev–Trinajstić information content (AvgIpc) is 2.89. The Morgan fingerprint density at radius 1 is 1.35 bits per heavy atom. The van der Waals surface area contributed by atoms with Crippen LogP contribution in [-0.2, 0) is 4.79 Å². The maximum absolute atomic E-state index is 12.5. The van der Waals surface area contributed by atoms with Gasteiger partial charge in [0.25, 0.3) is 5.91 Å². The van der Waals surface area contributed by atoms with Crippen molar-refractivity contribution in [3.8, 4) is 0 Å². The molecule has 4 nitrogen and oxygen atoms in total. The van der Waals surface area contributed by atoms with Crippen molar-refractivity contribution in [3.63, 3.8) is 0 Å². The van der Waals surface area contributed by atoms with E-state index in [9.17, 15) is 9.59 Å². The van der Waals surface area contributed by atoms with Gasteiger partial charge in [0.15, 0.2) is 0 Å². The van der Waals surface area contributed by atoms with E-state index in [4.69, 9.17) is 0 Å². The van der Waals surface area contributed by atoms with Gasteiger partial charge in [0.05, 0.1) is 5.56 Å². The van der Waals surface area contributed by atoms with Gasteiger partial charge in [-0.05, 0) is 51.5 Å². The van der Waals surface area contributed by atoms with Crippen LogP contribution in [0, 0.1) is 0 Å². The molecule has 0 radical (unpaired) electrons. The molecule has 110 valence electrons. The highest BCUT2D eigenvalue weighted by molar-refractivity contribution is 7.08. The normalized spacial score (nSPS) is 19.8. The maximum atomic E-state index is 12.5. The molecule has 1 aliphatic rings. The number of nitrogens with zero attached hydrogens (tertiary/aromatic N) is 1. The summed E-state index contributed by atoms with van der Waals surface area (Å²) in [5.74, 6) is -0.0687. The number of carbonyl (C=O) groups excluding carboxylic acids is 2. The minimum absolute atomic E-state index is 0.0278. The van der Waals surface area contributed by atoms with E-state index in [0.29, 0.717) is 12.1 Å². The fraction of sp³-hybridized carbons (Fsp3) is 0.600. The van der Waals surface area contributed by atoms with Crippen LogP contribution in [0.25, 0.3) is 0 Å². The first-order valence-corrected chi connectivity index (χ1v) is 7.98. The lowest BCUT2D eigenvalue weighted by molar-refractivity contribution is -0.128. The third-order valence-electron chi connectivity index (χ3n) is 3.33. The molecule has 2 heterocycles. The Bertz CT molecular complexity index is 477. The first-order valence-electron chi connectivity index (χ1n) is 7.04. The van der Waals surface area contributed by atoms with Gasteiger partial charge in [-0.25, -0.2) is 0 Å². The largest absolute Gasteiger partial charge is 0.350 e. The van der Waals surface area contributed by atoms with Gasteiger partial charge in [-0.15, -0.1) is 0 Å². The van der Waals surface area contributed by atoms with Crippen LogP contribution in [0.4, 0.5) is 0 Å². The van der Waals surface area contributed by atoms with Crippen molar-refractivity contribution in [2.45, 2.75) is 51.6 Å². The Morgan fingerprint density at radius 2 is 2.10 bits per heavy atom. The van der Waals surface area contributed by atoms with Gasteiger partial charge in [0, 0.05) is 17.5 Å². The Kier molecular flexibility index (Phi) is 4.48. The minimum atomic E-state index is -0.338. The number of likely N-dealkylation sites (tertiary alicyclic amines) is 1. The molecule has 1 aromatic rings. The Morgan fingerprint density at radius 3 is 2.70 bits per heavy atom. The average molecular weight is 294 g/mol. The van der Waals surface area contributed by atoms with Crippen LogP contribution in [0.1, 0.15) is 50.4 Å². The van der Waals surface area contributed by atoms with Gasteiger partial charge in [-0.3, -0.25) is 9.59 Å². The van der Waals surface area contributed by atoms with Crippen LogP contribution in [0.5, 0.6) is 0 Å². The Hall–Kier alpha value is -1.36. The lowest BCUT2D eigenvalue weighted by atomic mass is 9.99. The summed E-state index contributed by atoms with van der Waals surface area (Å²) in [5, 5.41) is 6.72. The van der Waals surface area contributed by atoms with Crippen molar-refractivity contribution in [3.05, 3.63) is 22.4 Å². The summed E-state index contributed by atoms with van der Waals surface area (Å²) in [5.41, 5.74) is 0.413. The molecule has 1 aliphatic heterocycles. The zero-order chi connectivity index (χ0) is 14.8. The van der Waals surface area contributed by atoms with Crippen LogP contribution in [-0.4, -0.2) is 34.8 Å². The fourth-order valence-electron chi connectivity index (χ4n) is 2.45. The molecule has 0 bridgehead atoms. The highest BCUT2D eigenvalue weighted by Gasteiger charge is 2.34. The molecule has 0 spiro atoms. The van der Waals surface area contributed by atoms with Crippen LogP contribution >= 0.6 is 11.3 Å². The molecule has 1 fully saturated rings. The van der Waals surface area contributed by atoms with Gasteiger partial charge >= 0.3 is 0 Å². The van der Waals surface area contributed by atoms with Crippen LogP contribution in [0.2, 0.25) is 0 Å². The fourth-order valence-corrected chi connectivity index (χ4v) is 3.08. The second-order valence-electron chi connectivity index (χ2n) is 6.26.